The fourth-order valence-corrected chi connectivity index (χ4v) is 2.36. The molecule has 2 aromatic carbocycles. The second-order valence-electron chi connectivity index (χ2n) is 4.90. The summed E-state index contributed by atoms with van der Waals surface area (Å²) in [6, 6.07) is 14.9. The Morgan fingerprint density at radius 2 is 1.37 bits per heavy atom. The van der Waals surface area contributed by atoms with E-state index in [1.807, 2.05) is 24.3 Å². The summed E-state index contributed by atoms with van der Waals surface area (Å²) >= 11 is 0. The minimum absolute atomic E-state index is 0.314. The third kappa shape index (κ3) is 3.75. The van der Waals surface area contributed by atoms with Crippen LogP contribution in [0, 0.1) is 0 Å². The molecular formula is C17H20O2. The first-order valence-corrected chi connectivity index (χ1v) is 6.76. The van der Waals surface area contributed by atoms with Crippen LogP contribution < -0.4 is 0 Å². The molecule has 0 saturated heterocycles. The molecular weight excluding hydrogens is 236 g/mol. The smallest absolute Gasteiger partial charge is 0.115 e. The summed E-state index contributed by atoms with van der Waals surface area (Å²) in [6.07, 6.45) is 3.16. The lowest BCUT2D eigenvalue weighted by molar-refractivity contribution is 0.474. The third-order valence-electron chi connectivity index (χ3n) is 3.58. The monoisotopic (exact) mass is 256 g/mol. The Bertz CT molecular complexity index is 500. The van der Waals surface area contributed by atoms with Crippen LogP contribution in [0.15, 0.2) is 48.5 Å². The Hall–Kier alpha value is -1.96. The van der Waals surface area contributed by atoms with Gasteiger partial charge in [0.15, 0.2) is 0 Å². The predicted octanol–water partition coefficient (Wildman–Crippen LogP) is 4.22. The molecule has 0 saturated carbocycles. The first-order chi connectivity index (χ1) is 9.19. The highest BCUT2D eigenvalue weighted by Gasteiger charge is 2.09. The molecule has 0 amide bonds. The Morgan fingerprint density at radius 3 is 1.89 bits per heavy atom. The van der Waals surface area contributed by atoms with Crippen molar-refractivity contribution in [3.05, 3.63) is 59.7 Å². The van der Waals surface area contributed by atoms with E-state index in [0.717, 1.165) is 19.3 Å². The lowest BCUT2D eigenvalue weighted by Gasteiger charge is -2.15. The first-order valence-electron chi connectivity index (χ1n) is 6.76. The minimum Gasteiger partial charge on any atom is -0.508 e. The van der Waals surface area contributed by atoms with Crippen molar-refractivity contribution in [2.45, 2.75) is 32.1 Å². The number of hydrogen-bond donors (Lipinski definition) is 2. The number of aryl methyl sites for hydroxylation is 1. The maximum atomic E-state index is 9.32. The van der Waals surface area contributed by atoms with Gasteiger partial charge in [-0.15, -0.1) is 0 Å². The summed E-state index contributed by atoms with van der Waals surface area (Å²) in [6.45, 7) is 2.19. The van der Waals surface area contributed by atoms with Crippen LogP contribution in [0.3, 0.4) is 0 Å². The zero-order valence-electron chi connectivity index (χ0n) is 11.2. The molecule has 0 aliphatic rings. The normalized spacial score (nSPS) is 12.3. The molecule has 0 bridgehead atoms. The van der Waals surface area contributed by atoms with Gasteiger partial charge in [-0.1, -0.05) is 31.2 Å². The molecule has 2 nitrogen and oxygen atoms in total. The van der Waals surface area contributed by atoms with Crippen molar-refractivity contribution in [2.24, 2.45) is 0 Å². The van der Waals surface area contributed by atoms with Gasteiger partial charge in [0.25, 0.3) is 0 Å². The molecule has 1 atom stereocenters. The summed E-state index contributed by atoms with van der Waals surface area (Å²) in [5, 5.41) is 18.6. The van der Waals surface area contributed by atoms with Gasteiger partial charge in [-0.25, -0.2) is 0 Å². The van der Waals surface area contributed by atoms with E-state index in [9.17, 15) is 10.2 Å². The molecule has 0 aliphatic heterocycles. The molecule has 0 spiro atoms. The van der Waals surface area contributed by atoms with E-state index in [1.54, 1.807) is 24.3 Å². The van der Waals surface area contributed by atoms with Crippen molar-refractivity contribution >= 4 is 0 Å². The van der Waals surface area contributed by atoms with Crippen LogP contribution in [0.5, 0.6) is 11.5 Å². The van der Waals surface area contributed by atoms with E-state index in [2.05, 4.69) is 6.92 Å². The topological polar surface area (TPSA) is 40.5 Å². The standard InChI is InChI=1S/C17H20O2/c1-2-14(15-7-11-17(19)12-8-15)6-3-13-4-9-16(18)10-5-13/h4-5,7-12,14,18-19H,2-3,6H2,1H3/t14-/m1/s1. The summed E-state index contributed by atoms with van der Waals surface area (Å²) in [5.41, 5.74) is 2.52. The highest BCUT2D eigenvalue weighted by atomic mass is 16.3. The highest BCUT2D eigenvalue weighted by Crippen LogP contribution is 2.26. The van der Waals surface area contributed by atoms with Crippen molar-refractivity contribution in [3.8, 4) is 11.5 Å². The van der Waals surface area contributed by atoms with E-state index in [4.69, 9.17) is 0 Å². The summed E-state index contributed by atoms with van der Waals surface area (Å²) in [5.74, 6) is 1.14. The molecule has 100 valence electrons. The summed E-state index contributed by atoms with van der Waals surface area (Å²) in [4.78, 5) is 0. The van der Waals surface area contributed by atoms with Crippen molar-refractivity contribution in [1.29, 1.82) is 0 Å². The maximum absolute atomic E-state index is 9.32. The number of phenolic OH excluding ortho intramolecular Hbond substituents is 2. The number of rotatable bonds is 5. The number of benzene rings is 2. The van der Waals surface area contributed by atoms with E-state index in [1.165, 1.54) is 11.1 Å². The summed E-state index contributed by atoms with van der Waals surface area (Å²) in [7, 11) is 0. The van der Waals surface area contributed by atoms with E-state index < -0.39 is 0 Å². The zero-order valence-corrected chi connectivity index (χ0v) is 11.2. The van der Waals surface area contributed by atoms with Gasteiger partial charge in [-0.2, -0.15) is 0 Å². The quantitative estimate of drug-likeness (QED) is 0.840. The second-order valence-corrected chi connectivity index (χ2v) is 4.90. The molecule has 0 aromatic heterocycles. The lowest BCUT2D eigenvalue weighted by Crippen LogP contribution is -1.99. The molecule has 2 N–H and O–H groups in total. The van der Waals surface area contributed by atoms with E-state index in [-0.39, 0.29) is 0 Å². The molecule has 0 heterocycles. The molecule has 2 aromatic rings. The van der Waals surface area contributed by atoms with Gasteiger partial charge in [-0.3, -0.25) is 0 Å². The fraction of sp³-hybridized carbons (Fsp3) is 0.294. The lowest BCUT2D eigenvalue weighted by atomic mass is 9.90. The second kappa shape index (κ2) is 6.28. The average molecular weight is 256 g/mol. The Balaban J connectivity index is 1.99. The number of aromatic hydroxyl groups is 2. The largest absolute Gasteiger partial charge is 0.508 e. The number of hydrogen-bond acceptors (Lipinski definition) is 2. The van der Waals surface area contributed by atoms with Gasteiger partial charge in [0.05, 0.1) is 0 Å². The van der Waals surface area contributed by atoms with Crippen LogP contribution in [0.1, 0.15) is 36.8 Å². The van der Waals surface area contributed by atoms with Crippen LogP contribution >= 0.6 is 0 Å². The third-order valence-corrected chi connectivity index (χ3v) is 3.58. The van der Waals surface area contributed by atoms with Crippen LogP contribution in [-0.4, -0.2) is 10.2 Å². The molecule has 0 radical (unpaired) electrons. The van der Waals surface area contributed by atoms with Gasteiger partial charge in [0.1, 0.15) is 11.5 Å². The molecule has 2 heteroatoms. The van der Waals surface area contributed by atoms with Crippen LogP contribution in [0.4, 0.5) is 0 Å². The predicted molar refractivity (Wildman–Crippen MR) is 77.6 cm³/mol. The van der Waals surface area contributed by atoms with Crippen LogP contribution in [0.25, 0.3) is 0 Å². The highest BCUT2D eigenvalue weighted by molar-refractivity contribution is 5.29. The average Bonchev–Trinajstić information content (AvgIpc) is 2.43. The molecule has 0 aliphatic carbocycles. The van der Waals surface area contributed by atoms with E-state index in [0.29, 0.717) is 17.4 Å². The zero-order chi connectivity index (χ0) is 13.7. The van der Waals surface area contributed by atoms with Gasteiger partial charge in [0.2, 0.25) is 0 Å². The SMILES string of the molecule is CC[C@H](CCc1ccc(O)cc1)c1ccc(O)cc1. The van der Waals surface area contributed by atoms with Crippen molar-refractivity contribution in [2.75, 3.05) is 0 Å². The first kappa shape index (κ1) is 13.5. The van der Waals surface area contributed by atoms with E-state index >= 15 is 0 Å². The van der Waals surface area contributed by atoms with Gasteiger partial charge < -0.3 is 10.2 Å². The number of phenols is 2. The maximum Gasteiger partial charge on any atom is 0.115 e. The van der Waals surface area contributed by atoms with Crippen molar-refractivity contribution < 1.29 is 10.2 Å². The van der Waals surface area contributed by atoms with Crippen LogP contribution in [0.2, 0.25) is 0 Å². The molecule has 19 heavy (non-hydrogen) atoms. The molecule has 0 unspecified atom stereocenters. The Kier molecular flexibility index (Phi) is 4.45. The van der Waals surface area contributed by atoms with Crippen molar-refractivity contribution in [1.82, 2.24) is 0 Å². The Labute approximate surface area is 114 Å². The summed E-state index contributed by atoms with van der Waals surface area (Å²) < 4.78 is 0. The minimum atomic E-state index is 0.314. The van der Waals surface area contributed by atoms with Crippen LogP contribution in [-0.2, 0) is 6.42 Å². The molecule has 0 fully saturated rings. The van der Waals surface area contributed by atoms with Gasteiger partial charge >= 0.3 is 0 Å². The van der Waals surface area contributed by atoms with Gasteiger partial charge in [-0.05, 0) is 60.6 Å². The fourth-order valence-electron chi connectivity index (χ4n) is 2.36. The Morgan fingerprint density at radius 1 is 0.842 bits per heavy atom. The molecule has 2 rings (SSSR count). The van der Waals surface area contributed by atoms with Gasteiger partial charge in [0, 0.05) is 0 Å². The van der Waals surface area contributed by atoms with Crippen molar-refractivity contribution in [3.63, 3.8) is 0 Å².